The minimum absolute atomic E-state index is 0. The van der Waals surface area contributed by atoms with Crippen LogP contribution in [-0.4, -0.2) is 88.7 Å². The standard InChI is InChI=1S/C6H6O3.6C3H7O.3Al/c7-4-2-1-3-5(8)6(4)9;6*1-3(2)4;;;/h1-3,7-9H;6*3H,1-2H3;;;/q;6*-1;3*+3/p-3. The minimum atomic E-state index is -0.947. The van der Waals surface area contributed by atoms with Crippen LogP contribution in [-0.2, 0) is 0 Å². The van der Waals surface area contributed by atoms with Crippen molar-refractivity contribution in [3.8, 4) is 17.2 Å². The molecule has 9 nitrogen and oxygen atoms in total. The Balaban J connectivity index is -0.0000000346. The second kappa shape index (κ2) is 44.9. The van der Waals surface area contributed by atoms with Crippen LogP contribution in [0.3, 0.4) is 0 Å². The van der Waals surface area contributed by atoms with Crippen molar-refractivity contribution in [3.05, 3.63) is 18.2 Å². The molecule has 0 aliphatic heterocycles. The monoisotopic (exact) mass is 558 g/mol. The van der Waals surface area contributed by atoms with Crippen molar-refractivity contribution in [1.82, 2.24) is 0 Å². The molecule has 1 aromatic carbocycles. The first-order valence-corrected chi connectivity index (χ1v) is 10.7. The Hall–Kier alpha value is -0.0226. The van der Waals surface area contributed by atoms with Gasteiger partial charge in [0.05, 0.1) is 0 Å². The molecular formula is C24H45Al3O9. The van der Waals surface area contributed by atoms with E-state index in [1.54, 1.807) is 83.1 Å². The molecular weight excluding hydrogens is 513 g/mol. The van der Waals surface area contributed by atoms with Crippen LogP contribution in [0.1, 0.15) is 83.1 Å². The molecule has 36 heavy (non-hydrogen) atoms. The van der Waals surface area contributed by atoms with Gasteiger partial charge in [-0.2, -0.15) is 0 Å². The predicted octanol–water partition coefficient (Wildman–Crippen LogP) is -3.70. The molecule has 0 amide bonds. The van der Waals surface area contributed by atoms with E-state index in [2.05, 4.69) is 0 Å². The summed E-state index contributed by atoms with van der Waals surface area (Å²) in [4.78, 5) is 0. The van der Waals surface area contributed by atoms with E-state index in [4.69, 9.17) is 0 Å². The average molecular weight is 559 g/mol. The number of hydrogen-bond donors (Lipinski definition) is 0. The van der Waals surface area contributed by atoms with Gasteiger partial charge in [-0.1, -0.05) is 101 Å². The number of hydrogen-bond acceptors (Lipinski definition) is 9. The van der Waals surface area contributed by atoms with Crippen LogP contribution in [0.5, 0.6) is 17.2 Å². The summed E-state index contributed by atoms with van der Waals surface area (Å²) < 4.78 is 0. The van der Waals surface area contributed by atoms with E-state index in [0.29, 0.717) is 0 Å². The molecule has 0 saturated heterocycles. The number of rotatable bonds is 0. The summed E-state index contributed by atoms with van der Waals surface area (Å²) in [6.07, 6.45) is -2.50. The molecule has 0 N–H and O–H groups in total. The molecule has 1 rings (SSSR count). The van der Waals surface area contributed by atoms with Gasteiger partial charge >= 0.3 is 52.1 Å². The second-order valence-corrected chi connectivity index (χ2v) is 7.88. The molecule has 0 heterocycles. The molecule has 0 saturated carbocycles. The SMILES string of the molecule is CC(C)[O-].CC(C)[O-].CC(C)[O-].CC(C)[O-].CC(C)[O-].CC(C)[O-].[Al+3].[Al+3].[Al+3].[O-]c1cccc([O-])c1[O-]. The van der Waals surface area contributed by atoms with Gasteiger partial charge in [-0.05, 0) is 0 Å². The third kappa shape index (κ3) is 189. The molecule has 0 fully saturated rings. The summed E-state index contributed by atoms with van der Waals surface area (Å²) in [5.41, 5.74) is 0. The van der Waals surface area contributed by atoms with Crippen molar-refractivity contribution in [3.63, 3.8) is 0 Å². The maximum absolute atomic E-state index is 10.3. The van der Waals surface area contributed by atoms with Gasteiger partial charge in [-0.25, -0.2) is 0 Å². The number of para-hydroxylation sites is 1. The topological polar surface area (TPSA) is 208 Å². The molecule has 0 spiro atoms. The van der Waals surface area contributed by atoms with E-state index >= 15 is 0 Å². The quantitative estimate of drug-likeness (QED) is 0.287. The zero-order valence-electron chi connectivity index (χ0n) is 24.1. The van der Waals surface area contributed by atoms with E-state index < -0.39 is 53.9 Å². The molecule has 0 aromatic heterocycles. The Bertz CT molecular complexity index is 393. The molecule has 0 aliphatic carbocycles. The maximum Gasteiger partial charge on any atom is 3.00 e. The first-order valence-electron chi connectivity index (χ1n) is 10.7. The van der Waals surface area contributed by atoms with Gasteiger partial charge < -0.3 is 46.0 Å². The number of benzene rings is 1. The van der Waals surface area contributed by atoms with Gasteiger partial charge in [0.1, 0.15) is 0 Å². The Morgan fingerprint density at radius 1 is 0.389 bits per heavy atom. The molecule has 12 heteroatoms. The van der Waals surface area contributed by atoms with Crippen LogP contribution in [0.15, 0.2) is 18.2 Å². The summed E-state index contributed by atoms with van der Waals surface area (Å²) >= 11 is 0. The van der Waals surface area contributed by atoms with Crippen molar-refractivity contribution in [1.29, 1.82) is 0 Å². The van der Waals surface area contributed by atoms with Crippen LogP contribution < -0.4 is 46.0 Å². The Kier molecular flexibility index (Phi) is 75.5. The minimum Gasteiger partial charge on any atom is -0.873 e. The van der Waals surface area contributed by atoms with Gasteiger partial charge in [0, 0.05) is 0 Å². The summed E-state index contributed by atoms with van der Waals surface area (Å²) in [6, 6.07) is 3.42. The van der Waals surface area contributed by atoms with Crippen LogP contribution >= 0.6 is 0 Å². The predicted molar refractivity (Wildman–Crippen MR) is 133 cm³/mol. The fraction of sp³-hybridized carbons (Fsp3) is 0.750. The molecule has 1 aromatic rings. The van der Waals surface area contributed by atoms with Gasteiger partial charge in [0.25, 0.3) is 0 Å². The van der Waals surface area contributed by atoms with Crippen molar-refractivity contribution in [2.75, 3.05) is 0 Å². The first kappa shape index (κ1) is 60.5. The Morgan fingerprint density at radius 3 is 0.583 bits per heavy atom. The van der Waals surface area contributed by atoms with Crippen molar-refractivity contribution >= 4 is 52.1 Å². The van der Waals surface area contributed by atoms with Gasteiger partial charge in [-0.15, -0.1) is 53.9 Å². The molecule has 204 valence electrons. The Morgan fingerprint density at radius 2 is 0.500 bits per heavy atom. The van der Waals surface area contributed by atoms with Gasteiger partial charge in [0.2, 0.25) is 0 Å². The van der Waals surface area contributed by atoms with Crippen LogP contribution in [0.2, 0.25) is 0 Å². The van der Waals surface area contributed by atoms with Crippen LogP contribution in [0.25, 0.3) is 0 Å². The summed E-state index contributed by atoms with van der Waals surface area (Å²) in [7, 11) is 0. The molecule has 0 atom stereocenters. The van der Waals surface area contributed by atoms with E-state index in [0.717, 1.165) is 12.1 Å². The van der Waals surface area contributed by atoms with E-state index in [9.17, 15) is 46.0 Å². The largest absolute Gasteiger partial charge is 3.00 e. The molecule has 0 radical (unpaired) electrons. The third-order valence-corrected chi connectivity index (χ3v) is 0.943. The third-order valence-electron chi connectivity index (χ3n) is 0.943. The molecule has 0 bridgehead atoms. The van der Waals surface area contributed by atoms with Crippen molar-refractivity contribution < 1.29 is 46.0 Å². The summed E-state index contributed by atoms with van der Waals surface area (Å²) in [6.45, 7) is 19.3. The van der Waals surface area contributed by atoms with E-state index in [1.807, 2.05) is 0 Å². The van der Waals surface area contributed by atoms with Crippen LogP contribution in [0, 0.1) is 0 Å². The fourth-order valence-electron chi connectivity index (χ4n) is 0.496. The maximum atomic E-state index is 10.3. The normalized spacial score (nSPS) is 8.33. The van der Waals surface area contributed by atoms with Crippen LogP contribution in [0.4, 0.5) is 0 Å². The summed E-state index contributed by atoms with van der Waals surface area (Å²) in [5.74, 6) is -2.41. The zero-order valence-corrected chi connectivity index (χ0v) is 27.6. The van der Waals surface area contributed by atoms with Gasteiger partial charge in [-0.3, -0.25) is 0 Å². The summed E-state index contributed by atoms with van der Waals surface area (Å²) in [5, 5.41) is 88.2. The van der Waals surface area contributed by atoms with E-state index in [1.165, 1.54) is 6.07 Å². The fourth-order valence-corrected chi connectivity index (χ4v) is 0.496. The molecule has 0 aliphatic rings. The zero-order chi connectivity index (χ0) is 28.3. The average Bonchev–Trinajstić information content (AvgIpc) is 2.49. The first-order chi connectivity index (χ1) is 14.6. The van der Waals surface area contributed by atoms with Gasteiger partial charge in [0.15, 0.2) is 0 Å². The second-order valence-electron chi connectivity index (χ2n) is 7.88. The Labute approximate surface area is 252 Å². The smallest absolute Gasteiger partial charge is 0.873 e. The van der Waals surface area contributed by atoms with Crippen molar-refractivity contribution in [2.24, 2.45) is 0 Å². The molecule has 0 unspecified atom stereocenters. The van der Waals surface area contributed by atoms with Crippen molar-refractivity contribution in [2.45, 2.75) is 120 Å². The van der Waals surface area contributed by atoms with E-state index in [-0.39, 0.29) is 52.1 Å².